The van der Waals surface area contributed by atoms with Crippen LogP contribution in [0, 0.1) is 11.6 Å². The number of rotatable bonds is 7. The van der Waals surface area contributed by atoms with Gasteiger partial charge in [-0.25, -0.2) is 21.9 Å². The quantitative estimate of drug-likeness (QED) is 0.816. The SMILES string of the molecule is CCOc1nnc([C@@H](C)NS(=O)(=O)c2ccc(F)c(F)c2)n1CC. The highest BCUT2D eigenvalue weighted by Crippen LogP contribution is 2.20. The summed E-state index contributed by atoms with van der Waals surface area (Å²) in [5, 5.41) is 7.81. The first kappa shape index (κ1) is 18.3. The van der Waals surface area contributed by atoms with Crippen LogP contribution in [0.25, 0.3) is 0 Å². The highest BCUT2D eigenvalue weighted by molar-refractivity contribution is 7.89. The Bertz CT molecular complexity index is 823. The van der Waals surface area contributed by atoms with Gasteiger partial charge in [0.25, 0.3) is 0 Å². The summed E-state index contributed by atoms with van der Waals surface area (Å²) in [6, 6.07) is 1.92. The summed E-state index contributed by atoms with van der Waals surface area (Å²) in [6.07, 6.45) is 0. The van der Waals surface area contributed by atoms with Gasteiger partial charge in [0.1, 0.15) is 0 Å². The van der Waals surface area contributed by atoms with Gasteiger partial charge in [-0.1, -0.05) is 5.10 Å². The van der Waals surface area contributed by atoms with E-state index in [0.717, 1.165) is 12.1 Å². The van der Waals surface area contributed by atoms with E-state index >= 15 is 0 Å². The Morgan fingerprint density at radius 1 is 1.25 bits per heavy atom. The summed E-state index contributed by atoms with van der Waals surface area (Å²) in [5.74, 6) is -2.00. The van der Waals surface area contributed by atoms with Crippen LogP contribution in [0.2, 0.25) is 0 Å². The van der Waals surface area contributed by atoms with Crippen molar-refractivity contribution in [2.75, 3.05) is 6.61 Å². The van der Waals surface area contributed by atoms with Crippen molar-refractivity contribution in [3.05, 3.63) is 35.7 Å². The van der Waals surface area contributed by atoms with Gasteiger partial charge in [-0.05, 0) is 39.0 Å². The second-order valence-electron chi connectivity index (χ2n) is 4.94. The molecule has 1 N–H and O–H groups in total. The first-order chi connectivity index (χ1) is 11.3. The molecule has 0 radical (unpaired) electrons. The second kappa shape index (κ2) is 7.22. The minimum absolute atomic E-state index is 0.286. The Morgan fingerprint density at radius 3 is 2.54 bits per heavy atom. The molecule has 0 amide bonds. The van der Waals surface area contributed by atoms with Crippen LogP contribution in [0.3, 0.4) is 0 Å². The van der Waals surface area contributed by atoms with Crippen LogP contribution in [0.4, 0.5) is 8.78 Å². The lowest BCUT2D eigenvalue weighted by Gasteiger charge is -2.15. The summed E-state index contributed by atoms with van der Waals surface area (Å²) in [6.45, 7) is 6.08. The van der Waals surface area contributed by atoms with E-state index < -0.39 is 27.7 Å². The molecule has 1 atom stereocenters. The third-order valence-electron chi connectivity index (χ3n) is 3.26. The summed E-state index contributed by atoms with van der Waals surface area (Å²) in [4.78, 5) is -0.374. The average molecular weight is 360 g/mol. The van der Waals surface area contributed by atoms with Crippen LogP contribution in [0.1, 0.15) is 32.6 Å². The Hall–Kier alpha value is -2.07. The molecule has 1 aromatic carbocycles. The molecular formula is C14H18F2N4O3S. The average Bonchev–Trinajstić information content (AvgIpc) is 2.92. The molecule has 0 spiro atoms. The van der Waals surface area contributed by atoms with Crippen molar-refractivity contribution >= 4 is 10.0 Å². The van der Waals surface area contributed by atoms with Crippen LogP contribution >= 0.6 is 0 Å². The molecule has 10 heteroatoms. The summed E-state index contributed by atoms with van der Waals surface area (Å²) in [7, 11) is -4.05. The zero-order valence-electron chi connectivity index (χ0n) is 13.5. The molecule has 2 aromatic rings. The van der Waals surface area contributed by atoms with Gasteiger partial charge in [0.05, 0.1) is 17.5 Å². The maximum absolute atomic E-state index is 13.3. The molecular weight excluding hydrogens is 342 g/mol. The van der Waals surface area contributed by atoms with Gasteiger partial charge in [0, 0.05) is 6.54 Å². The van der Waals surface area contributed by atoms with Crippen LogP contribution in [0.5, 0.6) is 6.01 Å². The van der Waals surface area contributed by atoms with Crippen molar-refractivity contribution in [3.63, 3.8) is 0 Å². The molecule has 0 fully saturated rings. The first-order valence-electron chi connectivity index (χ1n) is 7.33. The van der Waals surface area contributed by atoms with Gasteiger partial charge in [-0.3, -0.25) is 4.57 Å². The molecule has 2 rings (SSSR count). The molecule has 0 aliphatic rings. The van der Waals surface area contributed by atoms with Crippen LogP contribution in [-0.4, -0.2) is 29.8 Å². The van der Waals surface area contributed by atoms with E-state index in [0.29, 0.717) is 25.0 Å². The molecule has 0 aliphatic heterocycles. The fourth-order valence-electron chi connectivity index (χ4n) is 2.15. The topological polar surface area (TPSA) is 86.1 Å². The number of hydrogen-bond donors (Lipinski definition) is 1. The number of hydrogen-bond acceptors (Lipinski definition) is 5. The summed E-state index contributed by atoms with van der Waals surface area (Å²) in [5.41, 5.74) is 0. The predicted octanol–water partition coefficient (Wildman–Crippen LogP) is 2.01. The zero-order valence-corrected chi connectivity index (χ0v) is 14.3. The molecule has 0 aliphatic carbocycles. The highest BCUT2D eigenvalue weighted by Gasteiger charge is 2.24. The molecule has 0 unspecified atom stereocenters. The number of aromatic nitrogens is 3. The lowest BCUT2D eigenvalue weighted by Crippen LogP contribution is -2.29. The van der Waals surface area contributed by atoms with Crippen molar-refractivity contribution in [2.45, 2.75) is 38.3 Å². The summed E-state index contributed by atoms with van der Waals surface area (Å²) >= 11 is 0. The van der Waals surface area contributed by atoms with E-state index in [4.69, 9.17) is 4.74 Å². The smallest absolute Gasteiger partial charge is 0.316 e. The minimum Gasteiger partial charge on any atom is -0.464 e. The van der Waals surface area contributed by atoms with Gasteiger partial charge >= 0.3 is 6.01 Å². The Kier molecular flexibility index (Phi) is 5.50. The van der Waals surface area contributed by atoms with E-state index in [1.165, 1.54) is 0 Å². The molecule has 0 saturated heterocycles. The lowest BCUT2D eigenvalue weighted by atomic mass is 10.3. The highest BCUT2D eigenvalue weighted by atomic mass is 32.2. The maximum Gasteiger partial charge on any atom is 0.316 e. The molecule has 0 bridgehead atoms. The Balaban J connectivity index is 2.28. The monoisotopic (exact) mass is 360 g/mol. The van der Waals surface area contributed by atoms with Crippen LogP contribution < -0.4 is 9.46 Å². The molecule has 0 saturated carbocycles. The number of benzene rings is 1. The largest absolute Gasteiger partial charge is 0.464 e. The van der Waals surface area contributed by atoms with Gasteiger partial charge in [-0.2, -0.15) is 0 Å². The van der Waals surface area contributed by atoms with Gasteiger partial charge < -0.3 is 4.74 Å². The summed E-state index contributed by atoms with van der Waals surface area (Å²) < 4.78 is 60.2. The normalized spacial score (nSPS) is 13.0. The number of halogens is 2. The second-order valence-corrected chi connectivity index (χ2v) is 6.65. The number of nitrogens with zero attached hydrogens (tertiary/aromatic N) is 3. The van der Waals surface area contributed by atoms with E-state index in [-0.39, 0.29) is 10.9 Å². The van der Waals surface area contributed by atoms with E-state index in [1.807, 2.05) is 6.92 Å². The van der Waals surface area contributed by atoms with Crippen LogP contribution in [-0.2, 0) is 16.6 Å². The van der Waals surface area contributed by atoms with Crippen molar-refractivity contribution in [1.29, 1.82) is 0 Å². The third kappa shape index (κ3) is 3.70. The van der Waals surface area contributed by atoms with Crippen molar-refractivity contribution in [2.24, 2.45) is 0 Å². The minimum atomic E-state index is -4.05. The van der Waals surface area contributed by atoms with Crippen molar-refractivity contribution in [3.8, 4) is 6.01 Å². The lowest BCUT2D eigenvalue weighted by molar-refractivity contribution is 0.294. The van der Waals surface area contributed by atoms with Crippen LogP contribution in [0.15, 0.2) is 23.1 Å². The van der Waals surface area contributed by atoms with E-state index in [2.05, 4.69) is 14.9 Å². The Labute approximate surface area is 138 Å². The zero-order chi connectivity index (χ0) is 17.9. The molecule has 1 aromatic heterocycles. The van der Waals surface area contributed by atoms with Gasteiger partial charge in [0.15, 0.2) is 17.5 Å². The standard InChI is InChI=1S/C14H18F2N4O3S/c1-4-20-13(17-18-14(20)23-5-2)9(3)19-24(21,22)10-6-7-11(15)12(16)8-10/h6-9,19H,4-5H2,1-3H3/t9-/m1/s1. The Morgan fingerprint density at radius 2 is 1.96 bits per heavy atom. The fourth-order valence-corrected chi connectivity index (χ4v) is 3.36. The first-order valence-corrected chi connectivity index (χ1v) is 8.81. The van der Waals surface area contributed by atoms with Gasteiger partial charge in [0.2, 0.25) is 10.0 Å². The third-order valence-corrected chi connectivity index (χ3v) is 4.79. The van der Waals surface area contributed by atoms with Gasteiger partial charge in [-0.15, -0.1) is 5.10 Å². The van der Waals surface area contributed by atoms with Crippen molar-refractivity contribution < 1.29 is 21.9 Å². The molecule has 24 heavy (non-hydrogen) atoms. The number of ether oxygens (including phenoxy) is 1. The number of nitrogens with one attached hydrogen (secondary N) is 1. The molecule has 7 nitrogen and oxygen atoms in total. The predicted molar refractivity (Wildman–Crippen MR) is 82.0 cm³/mol. The van der Waals surface area contributed by atoms with Crippen molar-refractivity contribution in [1.82, 2.24) is 19.5 Å². The van der Waals surface area contributed by atoms with E-state index in [1.54, 1.807) is 18.4 Å². The number of sulfonamides is 1. The molecule has 132 valence electrons. The maximum atomic E-state index is 13.3. The fraction of sp³-hybridized carbons (Fsp3) is 0.429. The van der Waals surface area contributed by atoms with E-state index in [9.17, 15) is 17.2 Å². The molecule has 1 heterocycles.